The molecule has 0 radical (unpaired) electrons. The maximum Gasteiger partial charge on any atom is 0.373 e. The number of carbonyl (C=O) groups excluding carboxylic acids is 2. The Morgan fingerprint density at radius 2 is 1.00 bits per heavy atom. The Labute approximate surface area is 224 Å². The molecule has 2 aromatic rings. The zero-order chi connectivity index (χ0) is 27.5. The van der Waals surface area contributed by atoms with Crippen LogP contribution in [-0.4, -0.2) is 34.4 Å². The fraction of sp³-hybridized carbons (Fsp3) is 0.517. The summed E-state index contributed by atoms with van der Waals surface area (Å²) in [6.07, 6.45) is 5.86. The summed E-state index contributed by atoms with van der Waals surface area (Å²) in [7, 11) is -2.93. The third kappa shape index (κ3) is 10.9. The van der Waals surface area contributed by atoms with Gasteiger partial charge in [0.25, 0.3) is 0 Å². The lowest BCUT2D eigenvalue weighted by Gasteiger charge is -2.17. The third-order valence-corrected chi connectivity index (χ3v) is 10.4. The first kappa shape index (κ1) is 31.0. The van der Waals surface area contributed by atoms with E-state index in [2.05, 4.69) is 46.2 Å². The summed E-state index contributed by atoms with van der Waals surface area (Å²) >= 11 is 0. The summed E-state index contributed by atoms with van der Waals surface area (Å²) in [6.45, 7) is 15.7. The van der Waals surface area contributed by atoms with Gasteiger partial charge in [-0.05, 0) is 30.7 Å². The fourth-order valence-electron chi connectivity index (χ4n) is 3.71. The molecule has 8 heteroatoms. The maximum atomic E-state index is 12.5. The highest BCUT2D eigenvalue weighted by molar-refractivity contribution is 6.89. The minimum atomic E-state index is -1.47. The molecular weight excluding hydrogens is 500 g/mol. The van der Waals surface area contributed by atoms with Gasteiger partial charge in [0.1, 0.15) is 0 Å². The molecule has 0 heterocycles. The Kier molecular flexibility index (Phi) is 12.2. The van der Waals surface area contributed by atoms with Crippen LogP contribution in [0.25, 0.3) is 0 Å². The molecule has 6 nitrogen and oxygen atoms in total. The molecule has 0 aromatic heterocycles. The van der Waals surface area contributed by atoms with E-state index in [0.717, 1.165) is 19.3 Å². The highest BCUT2D eigenvalue weighted by atomic mass is 28.3. The number of hydrogen-bond acceptors (Lipinski definition) is 6. The van der Waals surface area contributed by atoms with Crippen LogP contribution in [0.2, 0.25) is 39.3 Å². The topological polar surface area (TPSA) is 71.1 Å². The van der Waals surface area contributed by atoms with Crippen LogP contribution in [0.4, 0.5) is 0 Å². The van der Waals surface area contributed by atoms with Gasteiger partial charge in [-0.25, -0.2) is 9.59 Å². The second kappa shape index (κ2) is 14.6. The monoisotopic (exact) mass is 544 g/mol. The Hall–Kier alpha value is -2.27. The molecule has 0 unspecified atom stereocenters. The maximum absolute atomic E-state index is 12.5. The van der Waals surface area contributed by atoms with E-state index in [1.165, 1.54) is 29.6 Å². The number of hydrogen-bond donors (Lipinski definition) is 0. The van der Waals surface area contributed by atoms with Crippen molar-refractivity contribution in [3.8, 4) is 0 Å². The van der Waals surface area contributed by atoms with Crippen molar-refractivity contribution in [2.75, 3.05) is 0 Å². The van der Waals surface area contributed by atoms with Gasteiger partial charge in [0.15, 0.2) is 0 Å². The molecule has 0 amide bonds. The molecule has 0 fully saturated rings. The Balaban J connectivity index is 1.95. The van der Waals surface area contributed by atoms with E-state index in [1.54, 1.807) is 24.3 Å². The van der Waals surface area contributed by atoms with E-state index < -0.39 is 34.4 Å². The van der Waals surface area contributed by atoms with Crippen LogP contribution < -0.4 is 10.4 Å². The van der Waals surface area contributed by atoms with Crippen LogP contribution in [-0.2, 0) is 19.6 Å². The molecule has 0 bridgehead atoms. The van der Waals surface area contributed by atoms with Crippen molar-refractivity contribution < 1.29 is 29.1 Å². The van der Waals surface area contributed by atoms with Crippen molar-refractivity contribution >= 4 is 38.5 Å². The van der Waals surface area contributed by atoms with Crippen molar-refractivity contribution in [1.29, 1.82) is 0 Å². The third-order valence-electron chi connectivity index (χ3n) is 6.23. The number of benzene rings is 2. The Bertz CT molecular complexity index is 902. The smallest absolute Gasteiger partial charge is 0.290 e. The largest absolute Gasteiger partial charge is 0.373 e. The molecule has 0 saturated heterocycles. The van der Waals surface area contributed by atoms with Gasteiger partial charge >= 0.3 is 11.9 Å². The van der Waals surface area contributed by atoms with Gasteiger partial charge in [0.05, 0.1) is 27.3 Å². The second-order valence-corrected chi connectivity index (χ2v) is 21.7. The number of unbranched alkanes of at least 4 members (excludes halogenated alkanes) is 5. The summed E-state index contributed by atoms with van der Waals surface area (Å²) in [5.74, 6) is -1.24. The number of rotatable bonds is 15. The zero-order valence-corrected chi connectivity index (χ0v) is 25.6. The average Bonchev–Trinajstić information content (AvgIpc) is 2.86. The molecule has 2 aromatic carbocycles. The first-order valence-corrected chi connectivity index (χ1v) is 20.4. The van der Waals surface area contributed by atoms with Crippen molar-refractivity contribution in [2.24, 2.45) is 0 Å². The number of carbonyl (C=O) groups is 2. The summed E-state index contributed by atoms with van der Waals surface area (Å²) in [5.41, 5.74) is 0.777. The Morgan fingerprint density at radius 1 is 0.622 bits per heavy atom. The SMILES string of the molecule is CCCCCCCCC(OOC(=O)c1ccc([Si](C)(C)C)cc1)OOC(=O)c1ccc([Si](C)(C)C)cc1. The molecular formula is C29H44O6Si2. The molecule has 0 saturated carbocycles. The van der Waals surface area contributed by atoms with Gasteiger partial charge < -0.3 is 0 Å². The molecule has 0 aliphatic heterocycles. The molecule has 37 heavy (non-hydrogen) atoms. The lowest BCUT2D eigenvalue weighted by molar-refractivity contribution is -0.421. The first-order valence-electron chi connectivity index (χ1n) is 13.4. The fourth-order valence-corrected chi connectivity index (χ4v) is 6.04. The second-order valence-electron chi connectivity index (χ2n) is 11.6. The van der Waals surface area contributed by atoms with Gasteiger partial charge in [0, 0.05) is 6.42 Å². The van der Waals surface area contributed by atoms with Crippen LogP contribution >= 0.6 is 0 Å². The standard InChI is InChI=1S/C29H44O6Si2/c1-8-9-10-11-12-13-14-27(32-34-28(30)23-15-19-25(20-16-23)36(2,3)4)33-35-29(31)24-17-21-26(22-18-24)37(5,6)7/h15-22,27H,8-14H2,1-7H3. The van der Waals surface area contributed by atoms with Crippen LogP contribution in [0.15, 0.2) is 48.5 Å². The van der Waals surface area contributed by atoms with E-state index in [-0.39, 0.29) is 0 Å². The summed E-state index contributed by atoms with van der Waals surface area (Å²) in [4.78, 5) is 45.8. The van der Waals surface area contributed by atoms with Gasteiger partial charge in [-0.3, -0.25) is 9.78 Å². The van der Waals surface area contributed by atoms with Gasteiger partial charge in [0.2, 0.25) is 6.29 Å². The van der Waals surface area contributed by atoms with Gasteiger partial charge in [-0.1, -0.05) is 113 Å². The quantitative estimate of drug-likeness (QED) is 0.0814. The lowest BCUT2D eigenvalue weighted by Crippen LogP contribution is -2.37. The van der Waals surface area contributed by atoms with E-state index in [1.807, 2.05) is 24.3 Å². The highest BCUT2D eigenvalue weighted by Crippen LogP contribution is 2.15. The van der Waals surface area contributed by atoms with E-state index in [4.69, 9.17) is 19.6 Å². The van der Waals surface area contributed by atoms with E-state index in [9.17, 15) is 9.59 Å². The van der Waals surface area contributed by atoms with Crippen LogP contribution in [0.5, 0.6) is 0 Å². The molecule has 204 valence electrons. The minimum Gasteiger partial charge on any atom is -0.290 e. The van der Waals surface area contributed by atoms with Gasteiger partial charge in [-0.15, -0.1) is 9.78 Å². The zero-order valence-electron chi connectivity index (χ0n) is 23.6. The highest BCUT2D eigenvalue weighted by Gasteiger charge is 2.22. The predicted octanol–water partition coefficient (Wildman–Crippen LogP) is 6.73. The minimum absolute atomic E-state index is 0.389. The van der Waals surface area contributed by atoms with Crippen molar-refractivity contribution in [3.05, 3.63) is 59.7 Å². The van der Waals surface area contributed by atoms with Crippen molar-refractivity contribution in [1.82, 2.24) is 0 Å². The van der Waals surface area contributed by atoms with Crippen LogP contribution in [0, 0.1) is 0 Å². The summed E-state index contributed by atoms with van der Waals surface area (Å²) < 4.78 is 0. The molecule has 0 aliphatic rings. The van der Waals surface area contributed by atoms with Crippen LogP contribution in [0.3, 0.4) is 0 Å². The normalized spacial score (nSPS) is 12.0. The predicted molar refractivity (Wildman–Crippen MR) is 154 cm³/mol. The summed E-state index contributed by atoms with van der Waals surface area (Å²) in [5, 5.41) is 2.50. The lowest BCUT2D eigenvalue weighted by atomic mass is 10.1. The van der Waals surface area contributed by atoms with Gasteiger partial charge in [-0.2, -0.15) is 0 Å². The Morgan fingerprint density at radius 3 is 1.38 bits per heavy atom. The molecule has 0 aliphatic carbocycles. The molecule has 0 spiro atoms. The van der Waals surface area contributed by atoms with Crippen molar-refractivity contribution in [3.63, 3.8) is 0 Å². The molecule has 0 N–H and O–H groups in total. The first-order chi connectivity index (χ1) is 17.4. The van der Waals surface area contributed by atoms with E-state index in [0.29, 0.717) is 17.5 Å². The van der Waals surface area contributed by atoms with Crippen LogP contribution in [0.1, 0.15) is 72.6 Å². The molecule has 0 atom stereocenters. The average molecular weight is 545 g/mol. The van der Waals surface area contributed by atoms with E-state index >= 15 is 0 Å². The molecule has 2 rings (SSSR count). The van der Waals surface area contributed by atoms with Crippen molar-refractivity contribution in [2.45, 2.75) is 97.4 Å². The summed E-state index contributed by atoms with van der Waals surface area (Å²) in [6, 6.07) is 14.8.